The second-order valence-corrected chi connectivity index (χ2v) is 5.49. The molecule has 0 amide bonds. The second-order valence-electron chi connectivity index (χ2n) is 5.49. The number of aliphatic hydroxyl groups is 1. The fraction of sp³-hybridized carbons (Fsp3) is 0.571. The van der Waals surface area contributed by atoms with Crippen LogP contribution >= 0.6 is 0 Å². The van der Waals surface area contributed by atoms with E-state index in [0.29, 0.717) is 18.0 Å². The molecule has 4 N–H and O–H groups in total. The van der Waals surface area contributed by atoms with Gasteiger partial charge in [-0.3, -0.25) is 0 Å². The zero-order chi connectivity index (χ0) is 14.0. The minimum absolute atomic E-state index is 0.466. The third-order valence-electron chi connectivity index (χ3n) is 3.30. The summed E-state index contributed by atoms with van der Waals surface area (Å²) in [4.78, 5) is 0. The van der Waals surface area contributed by atoms with Crippen molar-refractivity contribution in [2.75, 3.05) is 17.7 Å². The van der Waals surface area contributed by atoms with E-state index in [2.05, 4.69) is 5.32 Å². The Morgan fingerprint density at radius 3 is 2.39 bits per heavy atom. The first-order chi connectivity index (χ1) is 8.17. The molecule has 1 aromatic rings. The van der Waals surface area contributed by atoms with Crippen LogP contribution < -0.4 is 15.8 Å². The van der Waals surface area contributed by atoms with Gasteiger partial charge < -0.3 is 20.9 Å². The minimum atomic E-state index is -0.847. The van der Waals surface area contributed by atoms with Crippen LogP contribution in [-0.2, 0) is 0 Å². The lowest BCUT2D eigenvalue weighted by molar-refractivity contribution is 0.0240. The summed E-state index contributed by atoms with van der Waals surface area (Å²) in [6.45, 7) is 9.94. The first-order valence-corrected chi connectivity index (χ1v) is 6.20. The molecule has 0 atom stereocenters. The molecule has 0 heterocycles. The van der Waals surface area contributed by atoms with Gasteiger partial charge in [0.05, 0.1) is 23.4 Å². The maximum atomic E-state index is 10.1. The molecule has 0 unspecified atom stereocenters. The monoisotopic (exact) mass is 252 g/mol. The van der Waals surface area contributed by atoms with E-state index in [-0.39, 0.29) is 0 Å². The van der Waals surface area contributed by atoms with Crippen LogP contribution in [0.5, 0.6) is 5.75 Å². The molecular formula is C14H24N2O2. The molecular weight excluding hydrogens is 228 g/mol. The predicted octanol–water partition coefficient (Wildman–Crippen LogP) is 2.63. The van der Waals surface area contributed by atoms with Crippen molar-refractivity contribution in [3.63, 3.8) is 0 Å². The highest BCUT2D eigenvalue weighted by Crippen LogP contribution is 2.30. The Labute approximate surface area is 109 Å². The fourth-order valence-corrected chi connectivity index (χ4v) is 1.41. The number of nitrogen functional groups attached to an aromatic ring is 1. The first-order valence-electron chi connectivity index (χ1n) is 6.20. The van der Waals surface area contributed by atoms with Crippen LogP contribution in [0.3, 0.4) is 0 Å². The molecule has 102 valence electrons. The second kappa shape index (κ2) is 5.06. The summed E-state index contributed by atoms with van der Waals surface area (Å²) >= 11 is 0. The maximum Gasteiger partial charge on any atom is 0.144 e. The third kappa shape index (κ3) is 3.29. The van der Waals surface area contributed by atoms with Crippen molar-refractivity contribution in [2.45, 2.75) is 45.8 Å². The van der Waals surface area contributed by atoms with Crippen LogP contribution in [0.15, 0.2) is 18.2 Å². The molecule has 0 radical (unpaired) electrons. The van der Waals surface area contributed by atoms with Crippen LogP contribution in [0, 0.1) is 0 Å². The molecule has 1 aromatic carbocycles. The lowest BCUT2D eigenvalue weighted by atomic mass is 9.86. The number of rotatable bonds is 5. The average Bonchev–Trinajstić information content (AvgIpc) is 2.21. The van der Waals surface area contributed by atoms with Gasteiger partial charge in [0.15, 0.2) is 0 Å². The number of nitrogens with two attached hydrogens (primary N) is 1. The van der Waals surface area contributed by atoms with Crippen molar-refractivity contribution < 1.29 is 9.84 Å². The van der Waals surface area contributed by atoms with Gasteiger partial charge in [-0.25, -0.2) is 0 Å². The quantitative estimate of drug-likeness (QED) is 0.705. The van der Waals surface area contributed by atoms with Gasteiger partial charge in [-0.15, -0.1) is 0 Å². The zero-order valence-electron chi connectivity index (χ0n) is 11.9. The van der Waals surface area contributed by atoms with Crippen molar-refractivity contribution >= 4 is 11.4 Å². The molecule has 1 rings (SSSR count). The Bertz CT molecular complexity index is 409. The number of anilines is 2. The molecule has 0 aromatic heterocycles. The molecule has 0 aliphatic heterocycles. The van der Waals surface area contributed by atoms with Crippen molar-refractivity contribution in [3.8, 4) is 5.75 Å². The molecule has 0 aliphatic carbocycles. The third-order valence-corrected chi connectivity index (χ3v) is 3.30. The van der Waals surface area contributed by atoms with Gasteiger partial charge in [0, 0.05) is 11.8 Å². The van der Waals surface area contributed by atoms with Gasteiger partial charge in [0.25, 0.3) is 0 Å². The molecule has 4 heteroatoms. The Hall–Kier alpha value is -1.42. The highest BCUT2D eigenvalue weighted by Gasteiger charge is 2.34. The zero-order valence-corrected chi connectivity index (χ0v) is 11.9. The van der Waals surface area contributed by atoms with Crippen molar-refractivity contribution in [3.05, 3.63) is 18.2 Å². The average molecular weight is 252 g/mol. The summed E-state index contributed by atoms with van der Waals surface area (Å²) in [7, 11) is 0. The topological polar surface area (TPSA) is 67.5 Å². The normalized spacial score (nSPS) is 12.3. The Morgan fingerprint density at radius 1 is 1.28 bits per heavy atom. The summed E-state index contributed by atoms with van der Waals surface area (Å²) in [6, 6.07) is 5.53. The molecule has 4 nitrogen and oxygen atoms in total. The largest absolute Gasteiger partial charge is 0.492 e. The van der Waals surface area contributed by atoms with Crippen LogP contribution in [0.1, 0.15) is 34.6 Å². The molecule has 0 aliphatic rings. The summed E-state index contributed by atoms with van der Waals surface area (Å²) < 4.78 is 5.45. The first kappa shape index (κ1) is 14.6. The summed E-state index contributed by atoms with van der Waals surface area (Å²) in [5, 5.41) is 13.4. The predicted molar refractivity (Wildman–Crippen MR) is 76.0 cm³/mol. The Kier molecular flexibility index (Phi) is 4.12. The molecule has 0 spiro atoms. The molecule has 0 fully saturated rings. The summed E-state index contributed by atoms with van der Waals surface area (Å²) in [5.41, 5.74) is 6.00. The van der Waals surface area contributed by atoms with Crippen molar-refractivity contribution in [1.29, 1.82) is 0 Å². The fourth-order valence-electron chi connectivity index (χ4n) is 1.41. The van der Waals surface area contributed by atoms with E-state index >= 15 is 0 Å². The SMILES string of the molecule is CCOc1cc(NC(C)(C)C(C)(C)O)ccc1N. The minimum Gasteiger partial charge on any atom is -0.492 e. The van der Waals surface area contributed by atoms with E-state index in [0.717, 1.165) is 5.69 Å². The highest BCUT2D eigenvalue weighted by atomic mass is 16.5. The number of nitrogens with one attached hydrogen (secondary N) is 1. The van der Waals surface area contributed by atoms with Gasteiger partial charge in [-0.05, 0) is 46.8 Å². The van der Waals surface area contributed by atoms with Gasteiger partial charge in [-0.1, -0.05) is 0 Å². The van der Waals surface area contributed by atoms with E-state index in [4.69, 9.17) is 10.5 Å². The molecule has 0 saturated heterocycles. The molecule has 18 heavy (non-hydrogen) atoms. The molecule has 0 saturated carbocycles. The number of hydrogen-bond donors (Lipinski definition) is 3. The number of hydrogen-bond acceptors (Lipinski definition) is 4. The maximum absolute atomic E-state index is 10.1. The smallest absolute Gasteiger partial charge is 0.144 e. The van der Waals surface area contributed by atoms with Crippen LogP contribution in [0.25, 0.3) is 0 Å². The number of ether oxygens (including phenoxy) is 1. The lowest BCUT2D eigenvalue weighted by Gasteiger charge is -2.39. The van der Waals surface area contributed by atoms with Crippen LogP contribution in [0.2, 0.25) is 0 Å². The van der Waals surface area contributed by atoms with E-state index in [9.17, 15) is 5.11 Å². The van der Waals surface area contributed by atoms with Crippen LogP contribution in [-0.4, -0.2) is 22.9 Å². The highest BCUT2D eigenvalue weighted by molar-refractivity contribution is 5.62. The Morgan fingerprint density at radius 2 is 1.89 bits per heavy atom. The van der Waals surface area contributed by atoms with Crippen LogP contribution in [0.4, 0.5) is 11.4 Å². The lowest BCUT2D eigenvalue weighted by Crippen LogP contribution is -2.51. The van der Waals surface area contributed by atoms with Crippen molar-refractivity contribution in [2.24, 2.45) is 0 Å². The number of benzene rings is 1. The van der Waals surface area contributed by atoms with Crippen molar-refractivity contribution in [1.82, 2.24) is 0 Å². The van der Waals surface area contributed by atoms with E-state index in [1.54, 1.807) is 19.9 Å². The van der Waals surface area contributed by atoms with Gasteiger partial charge in [0.1, 0.15) is 5.75 Å². The summed E-state index contributed by atoms with van der Waals surface area (Å²) in [6.07, 6.45) is 0. The molecule has 0 bridgehead atoms. The Balaban J connectivity index is 2.95. The van der Waals surface area contributed by atoms with E-state index in [1.165, 1.54) is 0 Å². The van der Waals surface area contributed by atoms with E-state index < -0.39 is 11.1 Å². The van der Waals surface area contributed by atoms with Gasteiger partial charge in [0.2, 0.25) is 0 Å². The van der Waals surface area contributed by atoms with E-state index in [1.807, 2.05) is 32.9 Å². The summed E-state index contributed by atoms with van der Waals surface area (Å²) in [5.74, 6) is 0.661. The standard InChI is InChI=1S/C14H24N2O2/c1-6-18-12-9-10(7-8-11(12)15)16-13(2,3)14(4,5)17/h7-9,16-17H,6,15H2,1-5H3. The van der Waals surface area contributed by atoms with Gasteiger partial charge >= 0.3 is 0 Å². The van der Waals surface area contributed by atoms with Gasteiger partial charge in [-0.2, -0.15) is 0 Å².